The molecule has 76 valence electrons. The van der Waals surface area contributed by atoms with Crippen LogP contribution in [0.4, 0.5) is 0 Å². The third-order valence-corrected chi connectivity index (χ3v) is 2.15. The van der Waals surface area contributed by atoms with Crippen molar-refractivity contribution >= 4 is 12.6 Å². The van der Waals surface area contributed by atoms with E-state index in [-0.39, 0.29) is 5.75 Å². The summed E-state index contributed by atoms with van der Waals surface area (Å²) in [7, 11) is 1.32. The van der Waals surface area contributed by atoms with E-state index in [1.807, 2.05) is 0 Å². The predicted octanol–water partition coefficient (Wildman–Crippen LogP) is -0.0240. The summed E-state index contributed by atoms with van der Waals surface area (Å²) < 4.78 is 9.69. The van der Waals surface area contributed by atoms with E-state index in [1.54, 1.807) is 0 Å². The first-order valence-electron chi connectivity index (χ1n) is 3.71. The van der Waals surface area contributed by atoms with Gasteiger partial charge in [0.1, 0.15) is 6.10 Å². The molecule has 3 N–H and O–H groups in total. The summed E-state index contributed by atoms with van der Waals surface area (Å²) in [5.74, 6) is -0.667. The average Bonchev–Trinajstić information content (AvgIpc) is 2.43. The van der Waals surface area contributed by atoms with Crippen molar-refractivity contribution in [1.82, 2.24) is 0 Å². The van der Waals surface area contributed by atoms with Gasteiger partial charge in [-0.3, -0.25) is 0 Å². The van der Waals surface area contributed by atoms with Crippen molar-refractivity contribution in [1.29, 1.82) is 0 Å². The van der Waals surface area contributed by atoms with Crippen molar-refractivity contribution in [3.8, 4) is 0 Å². The Hall–Kier alpha value is -0.430. The highest BCUT2D eigenvalue weighted by molar-refractivity contribution is 7.80. The van der Waals surface area contributed by atoms with E-state index < -0.39 is 30.0 Å². The molecule has 1 aliphatic rings. The summed E-state index contributed by atoms with van der Waals surface area (Å²) in [6.45, 7) is 0. The van der Waals surface area contributed by atoms with Crippen molar-refractivity contribution in [2.24, 2.45) is 0 Å². The van der Waals surface area contributed by atoms with E-state index in [2.05, 4.69) is 12.6 Å². The van der Waals surface area contributed by atoms with Crippen LogP contribution in [0.5, 0.6) is 0 Å². The van der Waals surface area contributed by atoms with Gasteiger partial charge in [-0.1, -0.05) is 0 Å². The van der Waals surface area contributed by atoms with Crippen molar-refractivity contribution in [3.63, 3.8) is 0 Å². The minimum atomic E-state index is -1.00. The van der Waals surface area contributed by atoms with Gasteiger partial charge in [-0.2, -0.15) is 12.6 Å². The Bertz CT molecular complexity index is 217. The van der Waals surface area contributed by atoms with E-state index in [0.29, 0.717) is 0 Å². The van der Waals surface area contributed by atoms with Gasteiger partial charge in [0, 0.05) is 12.9 Å². The van der Waals surface area contributed by atoms with Crippen LogP contribution in [0.3, 0.4) is 0 Å². The van der Waals surface area contributed by atoms with E-state index in [0.717, 1.165) is 0 Å². The number of aliphatic hydroxyl groups is 3. The topological polar surface area (TPSA) is 79.2 Å². The zero-order valence-electron chi connectivity index (χ0n) is 7.04. The fourth-order valence-corrected chi connectivity index (χ4v) is 1.26. The standard InChI is InChI=1S/C7H12O5S/c1-11-7-5(10)4(9)6(12-7)3(8)2-13/h3,6-10,13H,2H2,1H3/t3-,6+,7?/m0/s1. The van der Waals surface area contributed by atoms with Crippen LogP contribution in [0.15, 0.2) is 11.5 Å². The van der Waals surface area contributed by atoms with Gasteiger partial charge in [-0.15, -0.1) is 0 Å². The summed E-state index contributed by atoms with van der Waals surface area (Å²) >= 11 is 3.83. The Morgan fingerprint density at radius 2 is 2.15 bits per heavy atom. The van der Waals surface area contributed by atoms with Gasteiger partial charge >= 0.3 is 0 Å². The maximum Gasteiger partial charge on any atom is 0.220 e. The molecule has 0 saturated heterocycles. The molecular weight excluding hydrogens is 196 g/mol. The molecule has 0 aromatic carbocycles. The largest absolute Gasteiger partial charge is 0.506 e. The molecular formula is C7H12O5S. The normalized spacial score (nSPS) is 31.0. The minimum Gasteiger partial charge on any atom is -0.506 e. The van der Waals surface area contributed by atoms with Crippen molar-refractivity contribution < 1.29 is 24.8 Å². The molecule has 6 heteroatoms. The first kappa shape index (κ1) is 10.6. The fourth-order valence-electron chi connectivity index (χ4n) is 1.06. The van der Waals surface area contributed by atoms with Crippen LogP contribution >= 0.6 is 12.6 Å². The van der Waals surface area contributed by atoms with E-state index >= 15 is 0 Å². The number of methoxy groups -OCH3 is 1. The van der Waals surface area contributed by atoms with Crippen LogP contribution in [0.2, 0.25) is 0 Å². The molecule has 1 rings (SSSR count). The average molecular weight is 208 g/mol. The van der Waals surface area contributed by atoms with Gasteiger partial charge in [0.2, 0.25) is 6.29 Å². The molecule has 0 fully saturated rings. The number of thiol groups is 1. The van der Waals surface area contributed by atoms with Crippen LogP contribution in [0.25, 0.3) is 0 Å². The van der Waals surface area contributed by atoms with Gasteiger partial charge in [0.15, 0.2) is 11.5 Å². The van der Waals surface area contributed by atoms with E-state index in [9.17, 15) is 15.3 Å². The smallest absolute Gasteiger partial charge is 0.220 e. The first-order chi connectivity index (χ1) is 6.11. The van der Waals surface area contributed by atoms with Crippen molar-refractivity contribution in [3.05, 3.63) is 11.5 Å². The Balaban J connectivity index is 2.73. The third kappa shape index (κ3) is 1.91. The van der Waals surface area contributed by atoms with Gasteiger partial charge in [-0.25, -0.2) is 0 Å². The lowest BCUT2D eigenvalue weighted by molar-refractivity contribution is -0.141. The molecule has 0 bridgehead atoms. The highest BCUT2D eigenvalue weighted by Gasteiger charge is 2.38. The maximum atomic E-state index is 9.30. The third-order valence-electron chi connectivity index (χ3n) is 1.78. The number of rotatable bonds is 3. The summed E-state index contributed by atoms with van der Waals surface area (Å²) in [5.41, 5.74) is 0. The monoisotopic (exact) mass is 208 g/mol. The Morgan fingerprint density at radius 1 is 1.54 bits per heavy atom. The fraction of sp³-hybridized carbons (Fsp3) is 0.714. The Labute approximate surface area is 81.0 Å². The number of hydrogen-bond acceptors (Lipinski definition) is 6. The quantitative estimate of drug-likeness (QED) is 0.490. The second-order valence-electron chi connectivity index (χ2n) is 2.64. The lowest BCUT2D eigenvalue weighted by Gasteiger charge is -2.16. The number of hydrogen-bond donors (Lipinski definition) is 4. The molecule has 13 heavy (non-hydrogen) atoms. The predicted molar refractivity (Wildman–Crippen MR) is 47.8 cm³/mol. The summed E-state index contributed by atoms with van der Waals surface area (Å²) in [4.78, 5) is 0. The SMILES string of the molecule is COC1O[C@H]([C@@H](O)CS)C(O)=C1O. The lowest BCUT2D eigenvalue weighted by atomic mass is 10.2. The van der Waals surface area contributed by atoms with E-state index in [4.69, 9.17) is 9.47 Å². The van der Waals surface area contributed by atoms with Gasteiger partial charge < -0.3 is 24.8 Å². The number of ether oxygens (including phenoxy) is 2. The molecule has 1 unspecified atom stereocenters. The molecule has 1 aliphatic heterocycles. The highest BCUT2D eigenvalue weighted by atomic mass is 32.1. The second-order valence-corrected chi connectivity index (χ2v) is 3.01. The molecule has 3 atom stereocenters. The molecule has 0 aromatic heterocycles. The summed E-state index contributed by atoms with van der Waals surface area (Å²) in [6, 6.07) is 0. The van der Waals surface area contributed by atoms with Crippen molar-refractivity contribution in [2.75, 3.05) is 12.9 Å². The Kier molecular flexibility index (Phi) is 3.43. The van der Waals surface area contributed by atoms with E-state index in [1.165, 1.54) is 7.11 Å². The van der Waals surface area contributed by atoms with Gasteiger partial charge in [-0.05, 0) is 0 Å². The highest BCUT2D eigenvalue weighted by Crippen LogP contribution is 2.26. The molecule has 0 saturated carbocycles. The number of aliphatic hydroxyl groups excluding tert-OH is 3. The molecule has 0 radical (unpaired) electrons. The van der Waals surface area contributed by atoms with Crippen LogP contribution in [-0.2, 0) is 9.47 Å². The molecule has 0 aromatic rings. The molecule has 0 aliphatic carbocycles. The zero-order valence-corrected chi connectivity index (χ0v) is 7.94. The molecule has 0 spiro atoms. The van der Waals surface area contributed by atoms with Crippen LogP contribution < -0.4 is 0 Å². The van der Waals surface area contributed by atoms with Gasteiger partial charge in [0.25, 0.3) is 0 Å². The van der Waals surface area contributed by atoms with Gasteiger partial charge in [0.05, 0.1) is 6.10 Å². The molecule has 0 amide bonds. The summed E-state index contributed by atoms with van der Waals surface area (Å²) in [6.07, 6.45) is -2.92. The van der Waals surface area contributed by atoms with Crippen molar-refractivity contribution in [2.45, 2.75) is 18.5 Å². The lowest BCUT2D eigenvalue weighted by Crippen LogP contribution is -2.31. The zero-order chi connectivity index (χ0) is 10.0. The molecule has 1 heterocycles. The van der Waals surface area contributed by atoms with Crippen LogP contribution in [0.1, 0.15) is 0 Å². The molecule has 5 nitrogen and oxygen atoms in total. The first-order valence-corrected chi connectivity index (χ1v) is 4.34. The van der Waals surface area contributed by atoms with Crippen LogP contribution in [0, 0.1) is 0 Å². The summed E-state index contributed by atoms with van der Waals surface area (Å²) in [5, 5.41) is 27.8. The maximum absolute atomic E-state index is 9.30. The second kappa shape index (κ2) is 4.19. The Morgan fingerprint density at radius 3 is 2.54 bits per heavy atom. The minimum absolute atomic E-state index is 0.123. The van der Waals surface area contributed by atoms with Crippen LogP contribution in [-0.4, -0.2) is 46.7 Å².